The van der Waals surface area contributed by atoms with E-state index in [1.165, 1.54) is 34.8 Å². The summed E-state index contributed by atoms with van der Waals surface area (Å²) in [6.07, 6.45) is -1.65. The number of piperidine rings is 1. The Kier molecular flexibility index (Phi) is 9.70. The maximum atomic E-state index is 14.2. The van der Waals surface area contributed by atoms with Gasteiger partial charge in [0.25, 0.3) is 0 Å². The van der Waals surface area contributed by atoms with Gasteiger partial charge >= 0.3 is 6.18 Å². The van der Waals surface area contributed by atoms with Crippen molar-refractivity contribution in [1.29, 1.82) is 0 Å². The van der Waals surface area contributed by atoms with Gasteiger partial charge < -0.3 is 4.90 Å². The molecular weight excluding hydrogens is 584 g/mol. The van der Waals surface area contributed by atoms with Crippen LogP contribution in [-0.4, -0.2) is 58.3 Å². The zero-order valence-electron chi connectivity index (χ0n) is 22.3. The van der Waals surface area contributed by atoms with Gasteiger partial charge in [-0.25, -0.2) is 17.9 Å². The molecule has 0 aliphatic carbocycles. The summed E-state index contributed by atoms with van der Waals surface area (Å²) in [5.74, 6) is 0.711. The Balaban J connectivity index is 1.26. The van der Waals surface area contributed by atoms with E-state index in [4.69, 9.17) is 5.14 Å². The van der Waals surface area contributed by atoms with Gasteiger partial charge in [0.05, 0.1) is 17.0 Å². The van der Waals surface area contributed by atoms with Gasteiger partial charge in [0, 0.05) is 24.4 Å². The molecule has 1 aliphatic rings. The number of tetrazole rings is 1. The van der Waals surface area contributed by atoms with Crippen LogP contribution in [0.5, 0.6) is 0 Å². The van der Waals surface area contributed by atoms with Crippen LogP contribution in [-0.2, 0) is 34.0 Å². The Morgan fingerprint density at radius 2 is 1.85 bits per heavy atom. The molecule has 0 saturated carbocycles. The van der Waals surface area contributed by atoms with E-state index in [1.54, 1.807) is 11.8 Å². The average Bonchev–Trinajstić information content (AvgIpc) is 3.32. The molecule has 2 heterocycles. The number of thioether (sulfide) groups is 1. The number of alkyl halides is 3. The Bertz CT molecular complexity index is 1490. The number of nitrogens with zero attached hydrogens (tertiary/aromatic N) is 5. The minimum absolute atomic E-state index is 0.0118. The van der Waals surface area contributed by atoms with Crippen molar-refractivity contribution in [1.82, 2.24) is 25.1 Å². The zero-order chi connectivity index (χ0) is 29.8. The van der Waals surface area contributed by atoms with Crippen LogP contribution in [0.25, 0.3) is 0 Å². The van der Waals surface area contributed by atoms with E-state index in [0.29, 0.717) is 46.6 Å². The minimum Gasteiger partial charge on any atom is -0.343 e. The highest BCUT2D eigenvalue weighted by Crippen LogP contribution is 2.32. The molecule has 0 bridgehead atoms. The van der Waals surface area contributed by atoms with Gasteiger partial charge in [-0.2, -0.15) is 18.0 Å². The van der Waals surface area contributed by atoms with Crippen molar-refractivity contribution in [3.05, 3.63) is 64.7 Å². The molecule has 4 rings (SSSR count). The molecule has 2 N–H and O–H groups in total. The third kappa shape index (κ3) is 8.49. The lowest BCUT2D eigenvalue weighted by molar-refractivity contribution is -0.137. The maximum absolute atomic E-state index is 14.2. The Morgan fingerprint density at radius 3 is 2.46 bits per heavy atom. The van der Waals surface area contributed by atoms with E-state index >= 15 is 0 Å². The monoisotopic (exact) mass is 614 g/mol. The van der Waals surface area contributed by atoms with Gasteiger partial charge in [0.2, 0.25) is 15.9 Å². The minimum atomic E-state index is -4.50. The van der Waals surface area contributed by atoms with Crippen molar-refractivity contribution < 1.29 is 30.8 Å². The molecule has 0 unspecified atom stereocenters. The van der Waals surface area contributed by atoms with E-state index in [-0.39, 0.29) is 30.2 Å². The Hall–Kier alpha value is -3.04. The molecule has 1 aromatic heterocycles. The molecule has 0 radical (unpaired) electrons. The number of likely N-dealkylation sites (tertiary alicyclic amines) is 1. The Labute approximate surface area is 239 Å². The van der Waals surface area contributed by atoms with Crippen LogP contribution >= 0.6 is 11.8 Å². The van der Waals surface area contributed by atoms with Crippen LogP contribution in [0.3, 0.4) is 0 Å². The quantitative estimate of drug-likeness (QED) is 0.268. The average molecular weight is 615 g/mol. The van der Waals surface area contributed by atoms with E-state index in [9.17, 15) is 30.8 Å². The number of halogens is 4. The van der Waals surface area contributed by atoms with Crippen LogP contribution in [0, 0.1) is 18.7 Å². The van der Waals surface area contributed by atoms with Crippen molar-refractivity contribution in [2.45, 2.75) is 61.5 Å². The summed E-state index contributed by atoms with van der Waals surface area (Å²) in [5.41, 5.74) is 0.234. The molecule has 0 spiro atoms. The van der Waals surface area contributed by atoms with E-state index in [2.05, 4.69) is 15.4 Å². The fourth-order valence-corrected chi connectivity index (χ4v) is 6.28. The molecule has 41 heavy (non-hydrogen) atoms. The second-order valence-corrected chi connectivity index (χ2v) is 12.6. The zero-order valence-corrected chi connectivity index (χ0v) is 23.9. The number of carbonyl (C=O) groups is 1. The highest BCUT2D eigenvalue weighted by molar-refractivity contribution is 7.99. The van der Waals surface area contributed by atoms with Crippen LogP contribution in [0.2, 0.25) is 0 Å². The molecule has 1 saturated heterocycles. The lowest BCUT2D eigenvalue weighted by Gasteiger charge is -2.32. The number of nitrogens with two attached hydrogens (primary N) is 1. The van der Waals surface area contributed by atoms with E-state index in [0.717, 1.165) is 37.5 Å². The number of benzene rings is 2. The summed E-state index contributed by atoms with van der Waals surface area (Å²) in [6, 6.07) is 7.11. The standard InChI is InChI=1S/C26H30F4N6O3S2/c1-17-32-34-36(33-17)16-20-14-21(26(28,29)30)4-2-19(20)3-7-25(37)35-11-8-18(9-12-35)10-13-40-24-6-5-22(15-23(24)27)41(31,38)39/h2,4-6,14-15,18H,3,7-13,16H2,1H3,(H2,31,38,39). The first-order chi connectivity index (χ1) is 19.3. The number of hydrogen-bond acceptors (Lipinski definition) is 7. The van der Waals surface area contributed by atoms with Crippen molar-refractivity contribution in [2.24, 2.45) is 11.1 Å². The second kappa shape index (κ2) is 12.9. The van der Waals surface area contributed by atoms with E-state index in [1.807, 2.05) is 0 Å². The second-order valence-electron chi connectivity index (χ2n) is 9.95. The van der Waals surface area contributed by atoms with Gasteiger partial charge in [-0.3, -0.25) is 4.79 Å². The molecule has 9 nitrogen and oxygen atoms in total. The third-order valence-electron chi connectivity index (χ3n) is 6.99. The van der Waals surface area contributed by atoms with Crippen molar-refractivity contribution >= 4 is 27.7 Å². The van der Waals surface area contributed by atoms with Crippen LogP contribution in [0.4, 0.5) is 17.6 Å². The topological polar surface area (TPSA) is 124 Å². The fraction of sp³-hybridized carbons (Fsp3) is 0.462. The third-order valence-corrected chi connectivity index (χ3v) is 8.98. The van der Waals surface area contributed by atoms with Crippen LogP contribution in [0.1, 0.15) is 48.2 Å². The molecular formula is C26H30F4N6O3S2. The van der Waals surface area contributed by atoms with Crippen LogP contribution < -0.4 is 5.14 Å². The number of rotatable bonds is 10. The lowest BCUT2D eigenvalue weighted by Crippen LogP contribution is -2.38. The maximum Gasteiger partial charge on any atom is 0.416 e. The Morgan fingerprint density at radius 1 is 1.12 bits per heavy atom. The van der Waals surface area contributed by atoms with Crippen molar-refractivity contribution in [3.8, 4) is 0 Å². The largest absolute Gasteiger partial charge is 0.416 e. The molecule has 3 aromatic rings. The van der Waals surface area contributed by atoms with Crippen LogP contribution in [0.15, 0.2) is 46.2 Å². The molecule has 2 aromatic carbocycles. The van der Waals surface area contributed by atoms with Gasteiger partial charge in [-0.1, -0.05) is 6.07 Å². The molecule has 1 aliphatic heterocycles. The smallest absolute Gasteiger partial charge is 0.343 e. The number of hydrogen-bond donors (Lipinski definition) is 1. The number of aromatic nitrogens is 4. The number of aryl methyl sites for hydroxylation is 2. The summed E-state index contributed by atoms with van der Waals surface area (Å²) in [4.78, 5) is 16.0. The highest BCUT2D eigenvalue weighted by atomic mass is 32.2. The number of amides is 1. The summed E-state index contributed by atoms with van der Waals surface area (Å²) in [7, 11) is -3.96. The van der Waals surface area contributed by atoms with Crippen molar-refractivity contribution in [3.63, 3.8) is 0 Å². The number of primary sulfonamides is 1. The molecule has 1 amide bonds. The summed E-state index contributed by atoms with van der Waals surface area (Å²) in [6.45, 7) is 2.80. The first-order valence-electron chi connectivity index (χ1n) is 13.0. The van der Waals surface area contributed by atoms with Gasteiger partial charge in [0.15, 0.2) is 5.82 Å². The SMILES string of the molecule is Cc1nnn(Cc2cc(C(F)(F)F)ccc2CCC(=O)N2CCC(CCSc3ccc(S(N)(=O)=O)cc3F)CC2)n1. The molecule has 0 atom stereocenters. The number of carbonyl (C=O) groups excluding carboxylic acids is 1. The fourth-order valence-electron chi connectivity index (χ4n) is 4.72. The van der Waals surface area contributed by atoms with Gasteiger partial charge in [-0.15, -0.1) is 22.0 Å². The first kappa shape index (κ1) is 30.9. The summed E-state index contributed by atoms with van der Waals surface area (Å²) in [5, 5.41) is 16.7. The lowest BCUT2D eigenvalue weighted by atomic mass is 9.94. The first-order valence-corrected chi connectivity index (χ1v) is 15.5. The molecule has 15 heteroatoms. The van der Waals surface area contributed by atoms with E-state index < -0.39 is 27.6 Å². The summed E-state index contributed by atoms with van der Waals surface area (Å²) >= 11 is 1.30. The predicted octanol–water partition coefficient (Wildman–Crippen LogP) is 4.19. The molecule has 1 fully saturated rings. The number of sulfonamides is 1. The molecule has 222 valence electrons. The van der Waals surface area contributed by atoms with Crippen molar-refractivity contribution in [2.75, 3.05) is 18.8 Å². The van der Waals surface area contributed by atoms with Gasteiger partial charge in [-0.05, 0) is 90.9 Å². The van der Waals surface area contributed by atoms with Gasteiger partial charge in [0.1, 0.15) is 5.82 Å². The normalized spacial score (nSPS) is 14.9. The highest BCUT2D eigenvalue weighted by Gasteiger charge is 2.31. The summed E-state index contributed by atoms with van der Waals surface area (Å²) < 4.78 is 76.9. The predicted molar refractivity (Wildman–Crippen MR) is 144 cm³/mol.